The van der Waals surface area contributed by atoms with Gasteiger partial charge in [0.2, 0.25) is 23.3 Å². The summed E-state index contributed by atoms with van der Waals surface area (Å²) in [5.74, 6) is 13.7. The first-order chi connectivity index (χ1) is 31.4. The molecule has 0 aromatic carbocycles. The predicted molar refractivity (Wildman–Crippen MR) is 216 cm³/mol. The molecule has 0 saturated heterocycles. The third-order valence-corrected chi connectivity index (χ3v) is 6.36. The first-order valence-corrected chi connectivity index (χ1v) is 25.7. The second kappa shape index (κ2) is 18.8. The van der Waals surface area contributed by atoms with Crippen molar-refractivity contribution in [1.82, 2.24) is 28.2 Å². The van der Waals surface area contributed by atoms with Gasteiger partial charge in [0.25, 0.3) is 25.3 Å². The molecule has 0 radical (unpaired) electrons. The van der Waals surface area contributed by atoms with Crippen molar-refractivity contribution in [1.29, 1.82) is 0 Å². The average Bonchev–Trinajstić information content (AvgIpc) is 3.96. The molecule has 0 aliphatic carbocycles. The molecule has 404 valence electrons. The summed E-state index contributed by atoms with van der Waals surface area (Å²) in [6.45, 7) is 2.15. The van der Waals surface area contributed by atoms with E-state index < -0.39 is 31.2 Å². The Morgan fingerprint density at radius 2 is 0.486 bits per heavy atom. The van der Waals surface area contributed by atoms with Gasteiger partial charge in [0.05, 0.1) is 0 Å². The molecule has 6 rings (SSSR count). The van der Waals surface area contributed by atoms with E-state index in [0.29, 0.717) is 26.2 Å². The van der Waals surface area contributed by atoms with Crippen LogP contribution in [0, 0.1) is 49.4 Å². The van der Waals surface area contributed by atoms with E-state index >= 15 is 0 Å². The summed E-state index contributed by atoms with van der Waals surface area (Å²) in [7, 11) is -42.6. The SMILES string of the molecule is C#CC[n+]1ccn(-c2cccc(-n3cc[n+](CC#C)c3)n2)c1.C#CC[n+]1ccn(-c2cccc(-n3cc[n+](CC#C)c3)n2)c1.F[P-](F)(F)(F)(F)F.F[P-](F)(F)(F)(F)F.F[P-](F)(F)(F)(F)F.F[P-](F)(F)(F)(F)F. The van der Waals surface area contributed by atoms with Gasteiger partial charge in [-0.25, -0.2) is 18.3 Å². The van der Waals surface area contributed by atoms with Crippen LogP contribution in [-0.2, 0) is 26.2 Å². The topological polar surface area (TPSA) is 61.0 Å². The van der Waals surface area contributed by atoms with E-state index in [0.717, 1.165) is 23.3 Å². The van der Waals surface area contributed by atoms with Gasteiger partial charge in [0.15, 0.2) is 26.2 Å². The zero-order chi connectivity index (χ0) is 56.4. The number of aromatic nitrogens is 10. The van der Waals surface area contributed by atoms with Gasteiger partial charge in [-0.05, 0) is 0 Å². The Hall–Kier alpha value is -6.58. The molecule has 0 N–H and O–H groups in total. The van der Waals surface area contributed by atoms with Crippen molar-refractivity contribution in [3.63, 3.8) is 0 Å². The molecule has 0 aliphatic rings. The van der Waals surface area contributed by atoms with Crippen LogP contribution in [0.4, 0.5) is 101 Å². The van der Waals surface area contributed by atoms with Crippen molar-refractivity contribution in [3.05, 3.63) is 111 Å². The maximum atomic E-state index is 9.87. The van der Waals surface area contributed by atoms with Crippen molar-refractivity contribution < 1.29 is 119 Å². The molecule has 0 saturated carbocycles. The zero-order valence-corrected chi connectivity index (χ0v) is 38.4. The van der Waals surface area contributed by atoms with Crippen LogP contribution in [0.25, 0.3) is 23.3 Å². The van der Waals surface area contributed by atoms with Crippen LogP contribution >= 0.6 is 31.2 Å². The van der Waals surface area contributed by atoms with Gasteiger partial charge in [-0.1, -0.05) is 35.8 Å². The van der Waals surface area contributed by atoms with Crippen LogP contribution in [0.5, 0.6) is 0 Å². The van der Waals surface area contributed by atoms with Crippen LogP contribution < -0.4 is 18.3 Å². The molecule has 6 aromatic heterocycles. The maximum absolute atomic E-state index is 10.7. The molecule has 6 aromatic rings. The summed E-state index contributed by atoms with van der Waals surface area (Å²) < 4.78 is 252. The Morgan fingerprint density at radius 1 is 0.333 bits per heavy atom. The van der Waals surface area contributed by atoms with E-state index in [1.807, 2.05) is 148 Å². The Balaban J connectivity index is 0.000000479. The molecule has 6 heterocycles. The number of hydrogen-bond donors (Lipinski definition) is 0. The van der Waals surface area contributed by atoms with E-state index in [9.17, 15) is 101 Å². The number of terminal acetylenes is 4. The third kappa shape index (κ3) is 41.2. The monoisotopic (exact) mass is 1160 g/mol. The summed E-state index contributed by atoms with van der Waals surface area (Å²) in [5.41, 5.74) is 0. The van der Waals surface area contributed by atoms with Crippen molar-refractivity contribution in [2.24, 2.45) is 0 Å². The van der Waals surface area contributed by atoms with E-state index in [2.05, 4.69) is 33.6 Å². The van der Waals surface area contributed by atoms with Gasteiger partial charge in [-0.15, -0.1) is 25.7 Å². The summed E-state index contributed by atoms with van der Waals surface area (Å²) in [5, 5.41) is 0. The number of hydrogen-bond acceptors (Lipinski definition) is 2. The molecule has 0 spiro atoms. The normalized spacial score (nSPS) is 15.2. The number of rotatable bonds is 8. The van der Waals surface area contributed by atoms with Crippen LogP contribution in [0.3, 0.4) is 0 Å². The molecular weight excluding hydrogens is 1130 g/mol. The Kier molecular flexibility index (Phi) is 16.6. The van der Waals surface area contributed by atoms with Gasteiger partial charge in [0, 0.05) is 24.3 Å². The standard InChI is InChI=1S/2C17H15N5.4F6P/c2*1-3-8-19-10-12-21(14-19)16-6-5-7-17(18-16)22-13-11-20(15-22)9-4-2;4*1-7(2,3,4,5)6/h2*1-2,5-7,10-15H,8-9H2;;;;/q2*+2;4*-1. The first kappa shape index (κ1) is 63.4. The quantitative estimate of drug-likeness (QED) is 0.0660. The molecule has 0 amide bonds. The minimum absolute atomic E-state index is 0.538. The van der Waals surface area contributed by atoms with Crippen LogP contribution in [0.2, 0.25) is 0 Å². The Bertz CT molecular complexity index is 2560. The fourth-order valence-electron chi connectivity index (χ4n) is 4.31. The van der Waals surface area contributed by atoms with Crippen LogP contribution in [-0.4, -0.2) is 28.2 Å². The second-order valence-electron chi connectivity index (χ2n) is 13.3. The fraction of sp³-hybridized carbons (Fsp3) is 0.118. The summed E-state index contributed by atoms with van der Waals surface area (Å²) in [6, 6.07) is 11.7. The van der Waals surface area contributed by atoms with E-state index in [1.54, 1.807) is 0 Å². The van der Waals surface area contributed by atoms with Crippen LogP contribution in [0.1, 0.15) is 0 Å². The molecule has 72 heavy (non-hydrogen) atoms. The van der Waals surface area contributed by atoms with Gasteiger partial charge in [-0.3, -0.25) is 0 Å². The van der Waals surface area contributed by atoms with Gasteiger partial charge in [-0.2, -0.15) is 28.2 Å². The van der Waals surface area contributed by atoms with Crippen molar-refractivity contribution in [2.45, 2.75) is 26.2 Å². The van der Waals surface area contributed by atoms with Crippen LogP contribution in [0.15, 0.2) is 111 Å². The second-order valence-corrected chi connectivity index (χ2v) is 21.0. The predicted octanol–water partition coefficient (Wildman–Crippen LogP) is 14.5. The third-order valence-electron chi connectivity index (χ3n) is 6.36. The molecule has 10 nitrogen and oxygen atoms in total. The number of imidazole rings is 4. The number of nitrogens with zero attached hydrogens (tertiary/aromatic N) is 10. The van der Waals surface area contributed by atoms with Gasteiger partial charge in [0.1, 0.15) is 49.6 Å². The zero-order valence-electron chi connectivity index (χ0n) is 34.9. The number of pyridine rings is 2. The van der Waals surface area contributed by atoms with Crippen molar-refractivity contribution >= 4 is 31.2 Å². The summed E-state index contributed by atoms with van der Waals surface area (Å²) in [4.78, 5) is 9.31. The number of halogens is 24. The first-order valence-electron chi connectivity index (χ1n) is 17.6. The molecule has 0 fully saturated rings. The van der Waals surface area contributed by atoms with Crippen molar-refractivity contribution in [2.75, 3.05) is 0 Å². The van der Waals surface area contributed by atoms with Gasteiger partial charge >= 0.3 is 132 Å². The molecule has 0 bridgehead atoms. The molecule has 0 unspecified atom stereocenters. The molecular formula is C34H30F24N10P4. The summed E-state index contributed by atoms with van der Waals surface area (Å²) in [6.07, 6.45) is 44.3. The fourth-order valence-corrected chi connectivity index (χ4v) is 4.31. The van der Waals surface area contributed by atoms with Crippen molar-refractivity contribution in [3.8, 4) is 72.6 Å². The Morgan fingerprint density at radius 3 is 0.625 bits per heavy atom. The minimum atomic E-state index is -10.7. The van der Waals surface area contributed by atoms with E-state index in [4.69, 9.17) is 25.7 Å². The average molecular weight is 1160 g/mol. The van der Waals surface area contributed by atoms with E-state index in [-0.39, 0.29) is 0 Å². The molecule has 38 heteroatoms. The molecule has 0 atom stereocenters. The Labute approximate surface area is 388 Å². The van der Waals surface area contributed by atoms with E-state index in [1.165, 1.54) is 0 Å². The summed E-state index contributed by atoms with van der Waals surface area (Å²) >= 11 is 0. The molecule has 0 aliphatic heterocycles. The van der Waals surface area contributed by atoms with Gasteiger partial charge < -0.3 is 0 Å².